The van der Waals surface area contributed by atoms with E-state index in [1.54, 1.807) is 0 Å². The lowest BCUT2D eigenvalue weighted by molar-refractivity contribution is 0.307. The molecule has 5 aromatic carbocycles. The van der Waals surface area contributed by atoms with Crippen molar-refractivity contribution >= 4 is 33.2 Å². The molecule has 0 saturated heterocycles. The Morgan fingerprint density at radius 2 is 1.31 bits per heavy atom. The Morgan fingerprint density at radius 1 is 0.688 bits per heavy atom. The highest BCUT2D eigenvalue weighted by atomic mass is 16.5. The molecule has 0 aliphatic heterocycles. The lowest BCUT2D eigenvalue weighted by Crippen LogP contribution is -1.98. The second-order valence-electron chi connectivity index (χ2n) is 7.66. The van der Waals surface area contributed by atoms with E-state index in [9.17, 15) is 5.26 Å². The molecule has 0 atom stereocenters. The first-order valence-corrected chi connectivity index (χ1v) is 10.6. The molecule has 0 bridgehead atoms. The fourth-order valence-corrected chi connectivity index (χ4v) is 4.09. The number of para-hydroxylation sites is 1. The summed E-state index contributed by atoms with van der Waals surface area (Å²) in [5.41, 5.74) is 3.56. The molecular formula is C30H21NO. The van der Waals surface area contributed by atoms with Crippen molar-refractivity contribution in [3.63, 3.8) is 0 Å². The van der Waals surface area contributed by atoms with Gasteiger partial charge in [-0.05, 0) is 39.3 Å². The number of nitrogens with zero attached hydrogens (tertiary/aromatic N) is 1. The fourth-order valence-electron chi connectivity index (χ4n) is 4.09. The summed E-state index contributed by atoms with van der Waals surface area (Å²) in [6, 6.07) is 39.0. The van der Waals surface area contributed by atoms with Gasteiger partial charge in [-0.2, -0.15) is 5.26 Å². The second kappa shape index (κ2) is 8.79. The van der Waals surface area contributed by atoms with E-state index in [4.69, 9.17) is 4.74 Å². The largest absolute Gasteiger partial charge is 0.488 e. The van der Waals surface area contributed by atoms with Crippen LogP contribution in [-0.2, 0) is 6.61 Å². The Hall–Kier alpha value is -4.35. The fraction of sp³-hybridized carbons (Fsp3) is 0.0333. The molecule has 0 N–H and O–H groups in total. The van der Waals surface area contributed by atoms with E-state index < -0.39 is 0 Å². The third kappa shape index (κ3) is 3.85. The van der Waals surface area contributed by atoms with Crippen LogP contribution < -0.4 is 4.74 Å². The van der Waals surface area contributed by atoms with Crippen LogP contribution in [0.3, 0.4) is 0 Å². The Morgan fingerprint density at radius 3 is 2.12 bits per heavy atom. The molecule has 2 nitrogen and oxygen atoms in total. The van der Waals surface area contributed by atoms with Gasteiger partial charge in [0.15, 0.2) is 0 Å². The van der Waals surface area contributed by atoms with Gasteiger partial charge in [0, 0.05) is 11.1 Å². The third-order valence-corrected chi connectivity index (χ3v) is 5.68. The van der Waals surface area contributed by atoms with E-state index in [1.165, 1.54) is 10.8 Å². The number of hydrogen-bond donors (Lipinski definition) is 0. The molecule has 5 aromatic rings. The van der Waals surface area contributed by atoms with Crippen LogP contribution in [-0.4, -0.2) is 0 Å². The number of ether oxygens (including phenoxy) is 1. The van der Waals surface area contributed by atoms with Gasteiger partial charge < -0.3 is 4.74 Å². The maximum absolute atomic E-state index is 9.96. The summed E-state index contributed by atoms with van der Waals surface area (Å²) in [6.07, 6.45) is 1.92. The Bertz CT molecular complexity index is 1480. The zero-order valence-corrected chi connectivity index (χ0v) is 17.5. The van der Waals surface area contributed by atoms with Crippen molar-refractivity contribution in [2.75, 3.05) is 0 Å². The molecule has 0 aromatic heterocycles. The van der Waals surface area contributed by atoms with E-state index in [0.717, 1.165) is 33.2 Å². The monoisotopic (exact) mass is 411 g/mol. The Balaban J connectivity index is 1.50. The van der Waals surface area contributed by atoms with Crippen LogP contribution >= 0.6 is 0 Å². The smallest absolute Gasteiger partial charge is 0.127 e. The highest BCUT2D eigenvalue weighted by Crippen LogP contribution is 2.30. The molecule has 0 aliphatic carbocycles. The highest BCUT2D eigenvalue weighted by molar-refractivity contribution is 6.02. The minimum Gasteiger partial charge on any atom is -0.488 e. The molecule has 0 fully saturated rings. The zero-order chi connectivity index (χ0) is 21.8. The molecule has 0 radical (unpaired) electrons. The number of allylic oxidation sites excluding steroid dienone is 1. The summed E-state index contributed by atoms with van der Waals surface area (Å²) >= 11 is 0. The van der Waals surface area contributed by atoms with Crippen molar-refractivity contribution in [3.05, 3.63) is 126 Å². The number of rotatable bonds is 5. The van der Waals surface area contributed by atoms with Gasteiger partial charge in [-0.15, -0.1) is 0 Å². The maximum atomic E-state index is 9.96. The van der Waals surface area contributed by atoms with Gasteiger partial charge in [0.05, 0.1) is 11.6 Å². The summed E-state index contributed by atoms with van der Waals surface area (Å²) in [6.45, 7) is 0.461. The molecule has 0 spiro atoms. The van der Waals surface area contributed by atoms with Crippen LogP contribution in [0.25, 0.3) is 33.2 Å². The van der Waals surface area contributed by atoms with Crippen LogP contribution in [0.15, 0.2) is 109 Å². The topological polar surface area (TPSA) is 33.0 Å². The predicted octanol–water partition coefficient (Wildman–Crippen LogP) is 7.64. The Kier molecular flexibility index (Phi) is 5.39. The quantitative estimate of drug-likeness (QED) is 0.220. The van der Waals surface area contributed by atoms with E-state index in [1.807, 2.05) is 66.7 Å². The molecule has 152 valence electrons. The van der Waals surface area contributed by atoms with Gasteiger partial charge in [0.1, 0.15) is 12.4 Å². The van der Waals surface area contributed by atoms with Gasteiger partial charge in [-0.1, -0.05) is 103 Å². The van der Waals surface area contributed by atoms with Gasteiger partial charge >= 0.3 is 0 Å². The number of benzene rings is 5. The van der Waals surface area contributed by atoms with Crippen molar-refractivity contribution in [1.82, 2.24) is 0 Å². The average molecular weight is 412 g/mol. The summed E-state index contributed by atoms with van der Waals surface area (Å²) in [5.74, 6) is 0.758. The van der Waals surface area contributed by atoms with Gasteiger partial charge in [-0.25, -0.2) is 0 Å². The standard InChI is InChI=1S/C30H21NO/c31-20-26(29-17-8-13-23-10-2-5-16-28(23)29)19-24-11-3-6-18-30(24)32-21-25-14-7-12-22-9-1-4-15-27(22)25/h1-19H,21H2/b26-19+. The van der Waals surface area contributed by atoms with Crippen LogP contribution in [0.4, 0.5) is 0 Å². The molecule has 0 amide bonds. The van der Waals surface area contributed by atoms with Crippen molar-refractivity contribution in [2.24, 2.45) is 0 Å². The van der Waals surface area contributed by atoms with Crippen LogP contribution in [0.5, 0.6) is 5.75 Å². The molecular weight excluding hydrogens is 390 g/mol. The third-order valence-electron chi connectivity index (χ3n) is 5.68. The summed E-state index contributed by atoms with van der Waals surface area (Å²) < 4.78 is 6.25. The van der Waals surface area contributed by atoms with Crippen LogP contribution in [0.1, 0.15) is 16.7 Å². The van der Waals surface area contributed by atoms with Crippen LogP contribution in [0.2, 0.25) is 0 Å². The van der Waals surface area contributed by atoms with Crippen molar-refractivity contribution in [2.45, 2.75) is 6.61 Å². The number of nitriles is 1. The molecule has 0 saturated carbocycles. The molecule has 32 heavy (non-hydrogen) atoms. The lowest BCUT2D eigenvalue weighted by atomic mass is 9.97. The van der Waals surface area contributed by atoms with Crippen LogP contribution in [0, 0.1) is 11.3 Å². The van der Waals surface area contributed by atoms with Gasteiger partial charge in [0.2, 0.25) is 0 Å². The minimum absolute atomic E-state index is 0.461. The van der Waals surface area contributed by atoms with E-state index in [2.05, 4.69) is 54.6 Å². The number of fused-ring (bicyclic) bond motifs is 2. The van der Waals surface area contributed by atoms with E-state index in [0.29, 0.717) is 12.2 Å². The molecule has 0 aliphatic rings. The molecule has 0 heterocycles. The van der Waals surface area contributed by atoms with E-state index >= 15 is 0 Å². The number of hydrogen-bond acceptors (Lipinski definition) is 2. The first kappa shape index (κ1) is 19.6. The summed E-state index contributed by atoms with van der Waals surface area (Å²) in [4.78, 5) is 0. The SMILES string of the molecule is N#C/C(=C\c1ccccc1OCc1cccc2ccccc12)c1cccc2ccccc12. The summed E-state index contributed by atoms with van der Waals surface area (Å²) in [5, 5.41) is 14.5. The van der Waals surface area contributed by atoms with Crippen molar-refractivity contribution in [3.8, 4) is 11.8 Å². The average Bonchev–Trinajstić information content (AvgIpc) is 2.86. The Labute approximate surface area is 187 Å². The predicted molar refractivity (Wildman–Crippen MR) is 132 cm³/mol. The second-order valence-corrected chi connectivity index (χ2v) is 7.66. The highest BCUT2D eigenvalue weighted by Gasteiger charge is 2.09. The van der Waals surface area contributed by atoms with Crippen molar-refractivity contribution in [1.29, 1.82) is 5.26 Å². The first-order chi connectivity index (χ1) is 15.8. The first-order valence-electron chi connectivity index (χ1n) is 10.6. The zero-order valence-electron chi connectivity index (χ0n) is 17.5. The normalized spacial score (nSPS) is 11.4. The van der Waals surface area contributed by atoms with E-state index in [-0.39, 0.29) is 0 Å². The molecule has 2 heteroatoms. The minimum atomic E-state index is 0.461. The molecule has 5 rings (SSSR count). The summed E-state index contributed by atoms with van der Waals surface area (Å²) in [7, 11) is 0. The molecule has 0 unspecified atom stereocenters. The lowest BCUT2D eigenvalue weighted by Gasteiger charge is -2.12. The van der Waals surface area contributed by atoms with Gasteiger partial charge in [-0.3, -0.25) is 0 Å². The maximum Gasteiger partial charge on any atom is 0.127 e. The van der Waals surface area contributed by atoms with Crippen molar-refractivity contribution < 1.29 is 4.74 Å². The van der Waals surface area contributed by atoms with Gasteiger partial charge in [0.25, 0.3) is 0 Å².